The number of aromatic nitrogens is 3. The fourth-order valence-electron chi connectivity index (χ4n) is 4.57. The normalized spacial score (nSPS) is 18.6. The highest BCUT2D eigenvalue weighted by atomic mass is 32.1. The minimum Gasteiger partial charge on any atom is -0.370 e. The minimum atomic E-state index is 0.160. The number of nitrogens with zero attached hydrogens (tertiary/aromatic N) is 5. The molecule has 0 saturated carbocycles. The standard InChI is InChI=1S/C21H26N6OS/c1-22-19-20-24-14-16(27(20)13-8-23-19)17-4-5-18(29-17)21(28)26-11-6-15(7-12-26)25-9-2-3-10-25/h4-5,8,13-15H,2-3,6-7,9-12H2,1H3,(H,22,23). The third-order valence-corrected chi connectivity index (χ3v) is 7.24. The van der Waals surface area contributed by atoms with Crippen molar-refractivity contribution in [1.82, 2.24) is 24.2 Å². The molecule has 2 aliphatic heterocycles. The maximum atomic E-state index is 13.1. The van der Waals surface area contributed by atoms with Crippen molar-refractivity contribution in [1.29, 1.82) is 0 Å². The van der Waals surface area contributed by atoms with Crippen molar-refractivity contribution in [3.8, 4) is 10.6 Å². The Bertz CT molecular complexity index is 1010. The van der Waals surface area contributed by atoms with Crippen LogP contribution in [0.3, 0.4) is 0 Å². The number of thiophene rings is 1. The summed E-state index contributed by atoms with van der Waals surface area (Å²) in [7, 11) is 1.84. The Morgan fingerprint density at radius 2 is 1.93 bits per heavy atom. The number of rotatable bonds is 4. The van der Waals surface area contributed by atoms with E-state index in [-0.39, 0.29) is 5.91 Å². The Balaban J connectivity index is 1.31. The number of carbonyl (C=O) groups excluding carboxylic acids is 1. The van der Waals surface area contributed by atoms with Gasteiger partial charge in [0.25, 0.3) is 5.91 Å². The van der Waals surface area contributed by atoms with Crippen LogP contribution in [0.4, 0.5) is 5.82 Å². The van der Waals surface area contributed by atoms with E-state index < -0.39 is 0 Å². The predicted molar refractivity (Wildman–Crippen MR) is 116 cm³/mol. The third-order valence-electron chi connectivity index (χ3n) is 6.14. The summed E-state index contributed by atoms with van der Waals surface area (Å²) in [6.45, 7) is 4.19. The second-order valence-electron chi connectivity index (χ2n) is 7.79. The van der Waals surface area contributed by atoms with Gasteiger partial charge in [-0.2, -0.15) is 0 Å². The summed E-state index contributed by atoms with van der Waals surface area (Å²) in [4.78, 5) is 28.4. The molecule has 7 nitrogen and oxygen atoms in total. The van der Waals surface area contributed by atoms with Gasteiger partial charge in [-0.1, -0.05) is 0 Å². The number of imidazole rings is 1. The number of fused-ring (bicyclic) bond motifs is 1. The molecule has 0 radical (unpaired) electrons. The molecule has 0 aromatic carbocycles. The Labute approximate surface area is 174 Å². The van der Waals surface area contributed by atoms with E-state index in [1.165, 1.54) is 25.9 Å². The number of carbonyl (C=O) groups is 1. The largest absolute Gasteiger partial charge is 0.370 e. The fraction of sp³-hybridized carbons (Fsp3) is 0.476. The summed E-state index contributed by atoms with van der Waals surface area (Å²) < 4.78 is 2.01. The van der Waals surface area contributed by atoms with Gasteiger partial charge in [0.2, 0.25) is 0 Å². The second-order valence-corrected chi connectivity index (χ2v) is 8.88. The molecule has 8 heteroatoms. The van der Waals surface area contributed by atoms with Gasteiger partial charge in [0.1, 0.15) is 0 Å². The van der Waals surface area contributed by atoms with Gasteiger partial charge in [0.15, 0.2) is 11.5 Å². The molecule has 0 aliphatic carbocycles. The lowest BCUT2D eigenvalue weighted by Crippen LogP contribution is -2.45. The van der Waals surface area contributed by atoms with E-state index >= 15 is 0 Å². The monoisotopic (exact) mass is 410 g/mol. The van der Waals surface area contributed by atoms with Gasteiger partial charge in [-0.3, -0.25) is 9.20 Å². The van der Waals surface area contributed by atoms with E-state index in [0.29, 0.717) is 6.04 Å². The van der Waals surface area contributed by atoms with Crippen LogP contribution >= 0.6 is 11.3 Å². The first-order valence-electron chi connectivity index (χ1n) is 10.4. The molecule has 0 unspecified atom stereocenters. The van der Waals surface area contributed by atoms with Gasteiger partial charge in [0, 0.05) is 38.6 Å². The van der Waals surface area contributed by atoms with Crippen LogP contribution in [-0.4, -0.2) is 69.3 Å². The van der Waals surface area contributed by atoms with Crippen LogP contribution in [0.2, 0.25) is 0 Å². The second kappa shape index (κ2) is 7.76. The highest BCUT2D eigenvalue weighted by Crippen LogP contribution is 2.31. The van der Waals surface area contributed by atoms with Crippen molar-refractivity contribution in [3.05, 3.63) is 35.6 Å². The number of piperidine rings is 1. The molecule has 2 fully saturated rings. The molecule has 0 atom stereocenters. The average molecular weight is 411 g/mol. The lowest BCUT2D eigenvalue weighted by molar-refractivity contribution is 0.0649. The zero-order valence-corrected chi connectivity index (χ0v) is 17.5. The van der Waals surface area contributed by atoms with Crippen LogP contribution in [0.5, 0.6) is 0 Å². The Morgan fingerprint density at radius 3 is 2.69 bits per heavy atom. The van der Waals surface area contributed by atoms with E-state index in [1.807, 2.05) is 40.9 Å². The molecule has 152 valence electrons. The van der Waals surface area contributed by atoms with Crippen LogP contribution in [0.1, 0.15) is 35.4 Å². The van der Waals surface area contributed by atoms with Crippen molar-refractivity contribution in [3.63, 3.8) is 0 Å². The fourth-order valence-corrected chi connectivity index (χ4v) is 5.55. The Hall–Kier alpha value is -2.45. The number of nitrogens with one attached hydrogen (secondary N) is 1. The minimum absolute atomic E-state index is 0.160. The van der Waals surface area contributed by atoms with Crippen molar-refractivity contribution < 1.29 is 4.79 Å². The molecular formula is C21H26N6OS. The van der Waals surface area contributed by atoms with Gasteiger partial charge < -0.3 is 15.1 Å². The van der Waals surface area contributed by atoms with Crippen LogP contribution in [0, 0.1) is 0 Å². The summed E-state index contributed by atoms with van der Waals surface area (Å²) in [5.74, 6) is 0.903. The SMILES string of the molecule is CNc1nccn2c(-c3ccc(C(=O)N4CCC(N5CCCC5)CC4)s3)cnc12. The molecule has 0 spiro atoms. The van der Waals surface area contributed by atoms with E-state index in [9.17, 15) is 4.79 Å². The number of hydrogen-bond acceptors (Lipinski definition) is 6. The molecule has 29 heavy (non-hydrogen) atoms. The quantitative estimate of drug-likeness (QED) is 0.716. The van der Waals surface area contributed by atoms with Gasteiger partial charge in [-0.15, -0.1) is 11.3 Å². The highest BCUT2D eigenvalue weighted by molar-refractivity contribution is 7.17. The highest BCUT2D eigenvalue weighted by Gasteiger charge is 2.29. The van der Waals surface area contributed by atoms with Crippen molar-refractivity contribution in [2.24, 2.45) is 0 Å². The summed E-state index contributed by atoms with van der Waals surface area (Å²) in [5.41, 5.74) is 1.77. The lowest BCUT2D eigenvalue weighted by atomic mass is 10.0. The van der Waals surface area contributed by atoms with Crippen LogP contribution < -0.4 is 5.32 Å². The van der Waals surface area contributed by atoms with Crippen molar-refractivity contribution in [2.45, 2.75) is 31.7 Å². The summed E-state index contributed by atoms with van der Waals surface area (Å²) >= 11 is 1.54. The van der Waals surface area contributed by atoms with Crippen LogP contribution in [-0.2, 0) is 0 Å². The molecule has 5 rings (SSSR count). The summed E-state index contributed by atoms with van der Waals surface area (Å²) in [6, 6.07) is 4.64. The predicted octanol–water partition coefficient (Wildman–Crippen LogP) is 3.20. The Kier molecular flexibility index (Phi) is 4.97. The van der Waals surface area contributed by atoms with Crippen molar-refractivity contribution >= 4 is 28.7 Å². The number of hydrogen-bond donors (Lipinski definition) is 1. The number of likely N-dealkylation sites (tertiary alicyclic amines) is 2. The first kappa shape index (κ1) is 18.6. The lowest BCUT2D eigenvalue weighted by Gasteiger charge is -2.36. The summed E-state index contributed by atoms with van der Waals surface area (Å²) in [6.07, 6.45) is 10.4. The van der Waals surface area contributed by atoms with Gasteiger partial charge >= 0.3 is 0 Å². The summed E-state index contributed by atoms with van der Waals surface area (Å²) in [5, 5.41) is 3.07. The maximum Gasteiger partial charge on any atom is 0.263 e. The molecule has 3 aromatic heterocycles. The molecule has 1 amide bonds. The van der Waals surface area contributed by atoms with Gasteiger partial charge in [-0.05, 0) is 50.9 Å². The molecule has 0 bridgehead atoms. The zero-order chi connectivity index (χ0) is 19.8. The number of amides is 1. The Morgan fingerprint density at radius 1 is 1.14 bits per heavy atom. The van der Waals surface area contributed by atoms with Crippen LogP contribution in [0.15, 0.2) is 30.7 Å². The maximum absolute atomic E-state index is 13.1. The first-order chi connectivity index (χ1) is 14.2. The average Bonchev–Trinajstić information content (AvgIpc) is 3.53. The zero-order valence-electron chi connectivity index (χ0n) is 16.7. The van der Waals surface area contributed by atoms with E-state index in [4.69, 9.17) is 0 Å². The third kappa shape index (κ3) is 3.40. The molecule has 2 saturated heterocycles. The van der Waals surface area contributed by atoms with Gasteiger partial charge in [-0.25, -0.2) is 9.97 Å². The van der Waals surface area contributed by atoms with Crippen LogP contribution in [0.25, 0.3) is 16.2 Å². The van der Waals surface area contributed by atoms with E-state index in [2.05, 4.69) is 20.2 Å². The smallest absolute Gasteiger partial charge is 0.263 e. The molecule has 5 heterocycles. The van der Waals surface area contributed by atoms with E-state index in [0.717, 1.165) is 52.8 Å². The first-order valence-corrected chi connectivity index (χ1v) is 11.2. The molecule has 3 aromatic rings. The number of anilines is 1. The molecular weight excluding hydrogens is 384 g/mol. The topological polar surface area (TPSA) is 65.8 Å². The molecule has 1 N–H and O–H groups in total. The van der Waals surface area contributed by atoms with Gasteiger partial charge in [0.05, 0.1) is 21.6 Å². The van der Waals surface area contributed by atoms with E-state index in [1.54, 1.807) is 17.5 Å². The molecule has 2 aliphatic rings. The van der Waals surface area contributed by atoms with Crippen molar-refractivity contribution in [2.75, 3.05) is 38.5 Å².